The molecule has 1 aliphatic rings. The van der Waals surface area contributed by atoms with E-state index in [9.17, 15) is 9.18 Å². The van der Waals surface area contributed by atoms with Gasteiger partial charge >= 0.3 is 0 Å². The third-order valence-corrected chi connectivity index (χ3v) is 3.13. The Morgan fingerprint density at radius 3 is 3.00 bits per heavy atom. The molecule has 0 spiro atoms. The first-order valence-corrected chi connectivity index (χ1v) is 6.08. The normalized spacial score (nSPS) is 20.1. The van der Waals surface area contributed by atoms with Crippen molar-refractivity contribution in [2.45, 2.75) is 19.4 Å². The summed E-state index contributed by atoms with van der Waals surface area (Å²) < 4.78 is 13.3. The quantitative estimate of drug-likeness (QED) is 0.846. The van der Waals surface area contributed by atoms with E-state index in [4.69, 9.17) is 5.73 Å². The van der Waals surface area contributed by atoms with Gasteiger partial charge in [-0.05, 0) is 31.0 Å². The highest BCUT2D eigenvalue weighted by Gasteiger charge is 2.20. The molecule has 0 bridgehead atoms. The molecule has 18 heavy (non-hydrogen) atoms. The highest BCUT2D eigenvalue weighted by molar-refractivity contribution is 5.92. The largest absolute Gasteiger partial charge is 0.326 e. The van der Waals surface area contributed by atoms with E-state index in [2.05, 4.69) is 5.32 Å². The van der Waals surface area contributed by atoms with Gasteiger partial charge < -0.3 is 11.1 Å². The van der Waals surface area contributed by atoms with Gasteiger partial charge in [0.15, 0.2) is 0 Å². The minimum absolute atomic E-state index is 0.132. The first-order valence-electron chi connectivity index (χ1n) is 6.08. The topological polar surface area (TPSA) is 58.4 Å². The summed E-state index contributed by atoms with van der Waals surface area (Å²) in [6.07, 6.45) is 0.923. The van der Waals surface area contributed by atoms with E-state index in [0.29, 0.717) is 17.8 Å². The van der Waals surface area contributed by atoms with Crippen LogP contribution in [0.15, 0.2) is 18.2 Å². The summed E-state index contributed by atoms with van der Waals surface area (Å²) in [5, 5.41) is 2.69. The molecule has 1 fully saturated rings. The van der Waals surface area contributed by atoms with Crippen molar-refractivity contribution in [2.24, 2.45) is 5.73 Å². The van der Waals surface area contributed by atoms with Crippen LogP contribution in [0.4, 0.5) is 10.1 Å². The predicted molar refractivity (Wildman–Crippen MR) is 68.8 cm³/mol. The third kappa shape index (κ3) is 3.27. The SMILES string of the molecule is Cc1ccc(NC(=O)CN2CC[C@@H](N)C2)cc1F. The molecule has 4 nitrogen and oxygen atoms in total. The molecule has 3 N–H and O–H groups in total. The zero-order chi connectivity index (χ0) is 13.1. The number of nitrogens with two attached hydrogens (primary N) is 1. The van der Waals surface area contributed by atoms with Crippen molar-refractivity contribution < 1.29 is 9.18 Å². The molecule has 0 aromatic heterocycles. The maximum absolute atomic E-state index is 13.3. The van der Waals surface area contributed by atoms with Crippen LogP contribution < -0.4 is 11.1 Å². The summed E-state index contributed by atoms with van der Waals surface area (Å²) in [6.45, 7) is 3.59. The van der Waals surface area contributed by atoms with Crippen LogP contribution in [0.25, 0.3) is 0 Å². The highest BCUT2D eigenvalue weighted by atomic mass is 19.1. The molecule has 1 heterocycles. The van der Waals surface area contributed by atoms with Gasteiger partial charge in [-0.2, -0.15) is 0 Å². The van der Waals surface area contributed by atoms with E-state index in [0.717, 1.165) is 19.5 Å². The summed E-state index contributed by atoms with van der Waals surface area (Å²) in [6, 6.07) is 4.85. The Bertz CT molecular complexity index is 450. The number of nitrogens with one attached hydrogen (secondary N) is 1. The van der Waals surface area contributed by atoms with E-state index in [1.165, 1.54) is 6.07 Å². The van der Waals surface area contributed by atoms with Crippen molar-refractivity contribution in [3.63, 3.8) is 0 Å². The molecule has 0 radical (unpaired) electrons. The molecule has 1 atom stereocenters. The Balaban J connectivity index is 1.89. The number of aryl methyl sites for hydroxylation is 1. The van der Waals surface area contributed by atoms with Crippen molar-refractivity contribution in [2.75, 3.05) is 25.0 Å². The van der Waals surface area contributed by atoms with Crippen LogP contribution in [-0.2, 0) is 4.79 Å². The minimum Gasteiger partial charge on any atom is -0.326 e. The maximum Gasteiger partial charge on any atom is 0.238 e. The number of halogens is 1. The van der Waals surface area contributed by atoms with Gasteiger partial charge in [0.25, 0.3) is 0 Å². The van der Waals surface area contributed by atoms with Gasteiger partial charge in [0.05, 0.1) is 6.54 Å². The zero-order valence-electron chi connectivity index (χ0n) is 10.4. The Hall–Kier alpha value is -1.46. The van der Waals surface area contributed by atoms with Gasteiger partial charge in [0.2, 0.25) is 5.91 Å². The summed E-state index contributed by atoms with van der Waals surface area (Å²) >= 11 is 0. The van der Waals surface area contributed by atoms with Crippen molar-refractivity contribution in [3.05, 3.63) is 29.6 Å². The lowest BCUT2D eigenvalue weighted by Crippen LogP contribution is -2.33. The summed E-state index contributed by atoms with van der Waals surface area (Å²) in [4.78, 5) is 13.8. The molecule has 1 aliphatic heterocycles. The molecule has 1 saturated heterocycles. The molecule has 0 aliphatic carbocycles. The second kappa shape index (κ2) is 5.46. The maximum atomic E-state index is 13.3. The van der Waals surface area contributed by atoms with Crippen LogP contribution in [-0.4, -0.2) is 36.5 Å². The fourth-order valence-corrected chi connectivity index (χ4v) is 2.08. The molecule has 1 aromatic rings. The first-order chi connectivity index (χ1) is 8.54. The number of benzene rings is 1. The minimum atomic E-state index is -0.309. The zero-order valence-corrected chi connectivity index (χ0v) is 10.4. The summed E-state index contributed by atoms with van der Waals surface area (Å²) in [7, 11) is 0. The summed E-state index contributed by atoms with van der Waals surface area (Å²) in [5.74, 6) is -0.441. The van der Waals surface area contributed by atoms with Gasteiger partial charge in [-0.3, -0.25) is 9.69 Å². The molecule has 1 aromatic carbocycles. The highest BCUT2D eigenvalue weighted by Crippen LogP contribution is 2.14. The number of carbonyl (C=O) groups excluding carboxylic acids is 1. The number of carbonyl (C=O) groups is 1. The van der Waals surface area contributed by atoms with Gasteiger partial charge in [-0.1, -0.05) is 6.07 Å². The Morgan fingerprint density at radius 2 is 2.39 bits per heavy atom. The fraction of sp³-hybridized carbons (Fsp3) is 0.462. The lowest BCUT2D eigenvalue weighted by molar-refractivity contribution is -0.117. The number of hydrogen-bond acceptors (Lipinski definition) is 3. The van der Waals surface area contributed by atoms with E-state index in [1.54, 1.807) is 19.1 Å². The average Bonchev–Trinajstić information content (AvgIpc) is 2.69. The third-order valence-electron chi connectivity index (χ3n) is 3.13. The van der Waals surface area contributed by atoms with Crippen molar-refractivity contribution in [1.29, 1.82) is 0 Å². The van der Waals surface area contributed by atoms with Gasteiger partial charge in [-0.15, -0.1) is 0 Å². The smallest absolute Gasteiger partial charge is 0.238 e. The Kier molecular flexibility index (Phi) is 3.93. The fourth-order valence-electron chi connectivity index (χ4n) is 2.08. The second-order valence-corrected chi connectivity index (χ2v) is 4.80. The summed E-state index contributed by atoms with van der Waals surface area (Å²) in [5.41, 5.74) is 6.83. The van der Waals surface area contributed by atoms with Crippen LogP contribution in [0.3, 0.4) is 0 Å². The number of amides is 1. The van der Waals surface area contributed by atoms with Gasteiger partial charge in [0, 0.05) is 24.8 Å². The lowest BCUT2D eigenvalue weighted by Gasteiger charge is -2.14. The molecule has 2 rings (SSSR count). The monoisotopic (exact) mass is 251 g/mol. The number of likely N-dealkylation sites (tertiary alicyclic amines) is 1. The second-order valence-electron chi connectivity index (χ2n) is 4.80. The molecular weight excluding hydrogens is 233 g/mol. The molecule has 98 valence electrons. The van der Waals surface area contributed by atoms with Crippen LogP contribution in [0.2, 0.25) is 0 Å². The molecule has 5 heteroatoms. The Morgan fingerprint density at radius 1 is 1.61 bits per heavy atom. The molecule has 1 amide bonds. The van der Waals surface area contributed by atoms with Crippen LogP contribution in [0.5, 0.6) is 0 Å². The van der Waals surface area contributed by atoms with Crippen molar-refractivity contribution >= 4 is 11.6 Å². The number of hydrogen-bond donors (Lipinski definition) is 2. The lowest BCUT2D eigenvalue weighted by atomic mass is 10.2. The number of nitrogens with zero attached hydrogens (tertiary/aromatic N) is 1. The van der Waals surface area contributed by atoms with Gasteiger partial charge in [-0.25, -0.2) is 4.39 Å². The van der Waals surface area contributed by atoms with Crippen molar-refractivity contribution in [1.82, 2.24) is 4.90 Å². The molecular formula is C13H18FN3O. The van der Waals surface area contributed by atoms with E-state index < -0.39 is 0 Å². The van der Waals surface area contributed by atoms with Crippen LogP contribution >= 0.6 is 0 Å². The van der Waals surface area contributed by atoms with Crippen LogP contribution in [0.1, 0.15) is 12.0 Å². The van der Waals surface area contributed by atoms with E-state index in [-0.39, 0.29) is 17.8 Å². The number of anilines is 1. The average molecular weight is 251 g/mol. The molecule has 0 unspecified atom stereocenters. The van der Waals surface area contributed by atoms with Crippen LogP contribution in [0, 0.1) is 12.7 Å². The van der Waals surface area contributed by atoms with E-state index >= 15 is 0 Å². The first kappa shape index (κ1) is 13.0. The van der Waals surface area contributed by atoms with Crippen molar-refractivity contribution in [3.8, 4) is 0 Å². The standard InChI is InChI=1S/C13H18FN3O/c1-9-2-3-11(6-12(9)14)16-13(18)8-17-5-4-10(15)7-17/h2-3,6,10H,4-5,7-8,15H2,1H3,(H,16,18)/t10-/m1/s1. The predicted octanol–water partition coefficient (Wildman–Crippen LogP) is 1.11. The number of rotatable bonds is 3. The van der Waals surface area contributed by atoms with E-state index in [1.807, 2.05) is 4.90 Å². The Labute approximate surface area is 106 Å². The van der Waals surface area contributed by atoms with Gasteiger partial charge in [0.1, 0.15) is 5.82 Å². The molecule has 0 saturated carbocycles.